The van der Waals surface area contributed by atoms with Crippen LogP contribution in [-0.4, -0.2) is 0 Å². The van der Waals surface area contributed by atoms with E-state index in [1.807, 2.05) is 0 Å². The van der Waals surface area contributed by atoms with Crippen LogP contribution in [0.25, 0.3) is 23.8 Å². The summed E-state index contributed by atoms with van der Waals surface area (Å²) >= 11 is 0. The van der Waals surface area contributed by atoms with E-state index in [0.717, 1.165) is 0 Å². The van der Waals surface area contributed by atoms with E-state index in [9.17, 15) is 0 Å². The molecule has 0 saturated carbocycles. The monoisotopic (exact) mass is 278 g/mol. The predicted octanol–water partition coefficient (Wildman–Crippen LogP) is 3.56. The van der Waals surface area contributed by atoms with Crippen molar-refractivity contribution in [2.45, 2.75) is 0 Å². The van der Waals surface area contributed by atoms with E-state index < -0.39 is 0 Å². The van der Waals surface area contributed by atoms with E-state index in [0.29, 0.717) is 0 Å². The third kappa shape index (κ3) is 1.64. The number of hydrogen-bond donors (Lipinski definition) is 0. The molecule has 3 aromatic carbocycles. The fraction of sp³-hybridized carbons (Fsp3) is 0. The number of fused-ring (bicyclic) bond motifs is 2. The molecule has 0 amide bonds. The first kappa shape index (κ1) is 11.8. The lowest BCUT2D eigenvalue weighted by Crippen LogP contribution is -2.28. The molecule has 0 saturated heterocycles. The maximum Gasteiger partial charge on any atom is -0.00145 e. The molecule has 2 aliphatic rings. The molecule has 0 atom stereocenters. The molecular formula is C22H14. The Morgan fingerprint density at radius 1 is 0.636 bits per heavy atom. The highest BCUT2D eigenvalue weighted by Gasteiger charge is 2.19. The minimum Gasteiger partial charge on any atom is -0.0622 e. The molecule has 0 unspecified atom stereocenters. The number of benzene rings is 3. The molecule has 22 heavy (non-hydrogen) atoms. The lowest BCUT2D eigenvalue weighted by Gasteiger charge is -2.15. The molecule has 0 spiro atoms. The average Bonchev–Trinajstić information content (AvgIpc) is 3.32. The molecular weight excluding hydrogens is 264 g/mol. The molecule has 3 aromatic rings. The van der Waals surface area contributed by atoms with Crippen molar-refractivity contribution in [2.24, 2.45) is 0 Å². The van der Waals surface area contributed by atoms with Gasteiger partial charge in [-0.3, -0.25) is 0 Å². The summed E-state index contributed by atoms with van der Waals surface area (Å²) in [5, 5.41) is 2.80. The van der Waals surface area contributed by atoms with E-state index >= 15 is 0 Å². The average molecular weight is 278 g/mol. The van der Waals surface area contributed by atoms with Gasteiger partial charge in [0.15, 0.2) is 0 Å². The molecule has 102 valence electrons. The van der Waals surface area contributed by atoms with Gasteiger partial charge in [-0.05, 0) is 56.0 Å². The lowest BCUT2D eigenvalue weighted by atomic mass is 9.88. The van der Waals surface area contributed by atoms with Crippen LogP contribution in [0, 0.1) is 0 Å². The van der Waals surface area contributed by atoms with Crippen LogP contribution in [-0.2, 0) is 0 Å². The van der Waals surface area contributed by atoms with Crippen LogP contribution in [0.2, 0.25) is 0 Å². The third-order valence-corrected chi connectivity index (χ3v) is 4.49. The Hall–Kier alpha value is -2.86. The molecule has 0 bridgehead atoms. The minimum atomic E-state index is 1.28. The van der Waals surface area contributed by atoms with Gasteiger partial charge in [0.2, 0.25) is 0 Å². The fourth-order valence-electron chi connectivity index (χ4n) is 3.32. The van der Waals surface area contributed by atoms with E-state index in [4.69, 9.17) is 0 Å². The Kier molecular flexibility index (Phi) is 2.31. The van der Waals surface area contributed by atoms with Crippen LogP contribution in [0.5, 0.6) is 0 Å². The number of hydrogen-bond acceptors (Lipinski definition) is 0. The van der Waals surface area contributed by atoms with Crippen molar-refractivity contribution in [3.05, 3.63) is 105 Å². The second kappa shape index (κ2) is 4.32. The summed E-state index contributed by atoms with van der Waals surface area (Å²) in [6.07, 6.45) is 6.74. The first-order valence-corrected chi connectivity index (χ1v) is 7.64. The first-order chi connectivity index (χ1) is 10.9. The molecule has 0 radical (unpaired) electrons. The standard InChI is InChI=1S/C22H14/c1-3-7-15(8-4-1)21(16-9-5-2-6-10-16)22-19-12-11-17(19)13-18-14-20(18)22/h1-14H. The highest BCUT2D eigenvalue weighted by Crippen LogP contribution is 2.26. The van der Waals surface area contributed by atoms with Gasteiger partial charge >= 0.3 is 0 Å². The summed E-state index contributed by atoms with van der Waals surface area (Å²) in [7, 11) is 0. The Morgan fingerprint density at radius 3 is 1.82 bits per heavy atom. The van der Waals surface area contributed by atoms with Crippen LogP contribution in [0.1, 0.15) is 27.8 Å². The van der Waals surface area contributed by atoms with Gasteiger partial charge in [0.25, 0.3) is 0 Å². The summed E-state index contributed by atoms with van der Waals surface area (Å²) in [6, 6.07) is 23.7. The number of rotatable bonds is 2. The van der Waals surface area contributed by atoms with Crippen LogP contribution in [0.15, 0.2) is 66.7 Å². The van der Waals surface area contributed by atoms with Crippen molar-refractivity contribution in [1.82, 2.24) is 0 Å². The van der Waals surface area contributed by atoms with Crippen LogP contribution >= 0.6 is 0 Å². The minimum absolute atomic E-state index is 1.28. The zero-order chi connectivity index (χ0) is 14.5. The Labute approximate surface area is 129 Å². The van der Waals surface area contributed by atoms with E-state index in [2.05, 4.69) is 85.0 Å². The van der Waals surface area contributed by atoms with Gasteiger partial charge in [-0.2, -0.15) is 0 Å². The predicted molar refractivity (Wildman–Crippen MR) is 92.7 cm³/mol. The van der Waals surface area contributed by atoms with Crippen molar-refractivity contribution >= 4 is 23.8 Å². The quantitative estimate of drug-likeness (QED) is 0.463. The second-order valence-corrected chi connectivity index (χ2v) is 5.84. The summed E-state index contributed by atoms with van der Waals surface area (Å²) in [5.74, 6) is 0. The molecule has 5 rings (SSSR count). The zero-order valence-electron chi connectivity index (χ0n) is 12.1. The topological polar surface area (TPSA) is 0 Å². The van der Waals surface area contributed by atoms with Gasteiger partial charge in [0, 0.05) is 0 Å². The maximum atomic E-state index is 2.29. The molecule has 0 nitrogen and oxygen atoms in total. The van der Waals surface area contributed by atoms with Gasteiger partial charge in [0.1, 0.15) is 0 Å². The van der Waals surface area contributed by atoms with Crippen LogP contribution < -0.4 is 10.4 Å². The van der Waals surface area contributed by atoms with Crippen LogP contribution in [0.3, 0.4) is 0 Å². The smallest absolute Gasteiger partial charge is 0.00145 e. The van der Waals surface area contributed by atoms with Gasteiger partial charge in [-0.15, -0.1) is 0 Å². The third-order valence-electron chi connectivity index (χ3n) is 4.49. The maximum absolute atomic E-state index is 2.29. The van der Waals surface area contributed by atoms with Crippen LogP contribution in [0.4, 0.5) is 0 Å². The van der Waals surface area contributed by atoms with Crippen molar-refractivity contribution in [3.8, 4) is 0 Å². The normalized spacial score (nSPS) is 12.7. The van der Waals surface area contributed by atoms with E-state index in [-0.39, 0.29) is 0 Å². The SMILES string of the molecule is C1=Cc2c1cc1c(c2=C(c2ccccc2)c2ccccc2)=C1. The highest BCUT2D eigenvalue weighted by atomic mass is 14.2. The molecule has 0 heterocycles. The Balaban J connectivity index is 1.95. The van der Waals surface area contributed by atoms with Crippen molar-refractivity contribution < 1.29 is 0 Å². The summed E-state index contributed by atoms with van der Waals surface area (Å²) in [4.78, 5) is 0. The Bertz CT molecular complexity index is 995. The summed E-state index contributed by atoms with van der Waals surface area (Å²) in [5.41, 5.74) is 8.05. The van der Waals surface area contributed by atoms with Gasteiger partial charge in [-0.1, -0.05) is 72.8 Å². The molecule has 0 N–H and O–H groups in total. The highest BCUT2D eigenvalue weighted by molar-refractivity contribution is 5.93. The lowest BCUT2D eigenvalue weighted by molar-refractivity contribution is 1.43. The summed E-state index contributed by atoms with van der Waals surface area (Å²) in [6.45, 7) is 0. The molecule has 0 aromatic heterocycles. The Morgan fingerprint density at radius 2 is 1.27 bits per heavy atom. The second-order valence-electron chi connectivity index (χ2n) is 5.84. The zero-order valence-corrected chi connectivity index (χ0v) is 12.1. The fourth-order valence-corrected chi connectivity index (χ4v) is 3.32. The van der Waals surface area contributed by atoms with Gasteiger partial charge in [0.05, 0.1) is 0 Å². The molecule has 0 heteroatoms. The van der Waals surface area contributed by atoms with Crippen molar-refractivity contribution in [2.75, 3.05) is 0 Å². The largest absolute Gasteiger partial charge is 0.0622 e. The molecule has 0 aliphatic heterocycles. The van der Waals surface area contributed by atoms with Crippen molar-refractivity contribution in [1.29, 1.82) is 0 Å². The first-order valence-electron chi connectivity index (χ1n) is 7.64. The van der Waals surface area contributed by atoms with E-state index in [1.165, 1.54) is 43.8 Å². The molecule has 0 fully saturated rings. The molecule has 2 aliphatic carbocycles. The van der Waals surface area contributed by atoms with Crippen molar-refractivity contribution in [3.63, 3.8) is 0 Å². The summed E-state index contributed by atoms with van der Waals surface area (Å²) < 4.78 is 0. The van der Waals surface area contributed by atoms with E-state index in [1.54, 1.807) is 0 Å². The van der Waals surface area contributed by atoms with Gasteiger partial charge < -0.3 is 0 Å². The van der Waals surface area contributed by atoms with Gasteiger partial charge in [-0.25, -0.2) is 0 Å².